The Bertz CT molecular complexity index is 905. The minimum Gasteiger partial charge on any atom is -0.357 e. The molecule has 2 heterocycles. The first-order chi connectivity index (χ1) is 13.6. The number of benzene rings is 1. The third-order valence-corrected chi connectivity index (χ3v) is 6.26. The Kier molecular flexibility index (Phi) is 10.0. The molecule has 0 saturated heterocycles. The normalized spacial score (nSPS) is 11.2. The molecule has 0 atom stereocenters. The number of aryl methyl sites for hydroxylation is 4. The maximum atomic E-state index is 4.74. The lowest BCUT2D eigenvalue weighted by atomic mass is 10.1. The Morgan fingerprint density at radius 2 is 1.86 bits per heavy atom. The molecule has 0 aliphatic rings. The molecule has 0 bridgehead atoms. The predicted molar refractivity (Wildman–Crippen MR) is 135 cm³/mol. The molecule has 2 N–H and O–H groups in total. The molecule has 0 fully saturated rings. The van der Waals surface area contributed by atoms with Crippen LogP contribution in [0.3, 0.4) is 0 Å². The van der Waals surface area contributed by atoms with E-state index in [1.165, 1.54) is 15.4 Å². The minimum atomic E-state index is 0. The molecular formula is C21H28IN5S2. The van der Waals surface area contributed by atoms with Crippen molar-refractivity contribution < 1.29 is 0 Å². The van der Waals surface area contributed by atoms with Crippen molar-refractivity contribution in [2.45, 2.75) is 46.7 Å². The van der Waals surface area contributed by atoms with Gasteiger partial charge in [-0.25, -0.2) is 15.0 Å². The number of hydrogen-bond acceptors (Lipinski definition) is 5. The smallest absolute Gasteiger partial charge is 0.191 e. The van der Waals surface area contributed by atoms with Crippen LogP contribution in [0.15, 0.2) is 40.7 Å². The molecule has 0 aliphatic heterocycles. The van der Waals surface area contributed by atoms with Gasteiger partial charge in [0.1, 0.15) is 0 Å². The third kappa shape index (κ3) is 7.67. The summed E-state index contributed by atoms with van der Waals surface area (Å²) in [7, 11) is 0. The van der Waals surface area contributed by atoms with Crippen LogP contribution in [0.2, 0.25) is 0 Å². The monoisotopic (exact) mass is 541 g/mol. The highest BCUT2D eigenvalue weighted by Gasteiger charge is 2.07. The molecule has 5 nitrogen and oxygen atoms in total. The molecular weight excluding hydrogens is 513 g/mol. The van der Waals surface area contributed by atoms with Crippen LogP contribution < -0.4 is 10.6 Å². The fraction of sp³-hybridized carbons (Fsp3) is 0.381. The van der Waals surface area contributed by atoms with Gasteiger partial charge >= 0.3 is 0 Å². The molecule has 156 valence electrons. The lowest BCUT2D eigenvalue weighted by molar-refractivity contribution is 0.814. The van der Waals surface area contributed by atoms with Gasteiger partial charge in [-0.1, -0.05) is 30.3 Å². The van der Waals surface area contributed by atoms with E-state index in [4.69, 9.17) is 4.98 Å². The lowest BCUT2D eigenvalue weighted by Gasteiger charge is -2.10. The van der Waals surface area contributed by atoms with Crippen molar-refractivity contribution in [3.63, 3.8) is 0 Å². The van der Waals surface area contributed by atoms with Crippen molar-refractivity contribution in [2.24, 2.45) is 4.99 Å². The van der Waals surface area contributed by atoms with Crippen molar-refractivity contribution in [1.29, 1.82) is 0 Å². The van der Waals surface area contributed by atoms with Gasteiger partial charge in [0.25, 0.3) is 0 Å². The first-order valence-electron chi connectivity index (χ1n) is 9.56. The van der Waals surface area contributed by atoms with E-state index >= 15 is 0 Å². The van der Waals surface area contributed by atoms with Gasteiger partial charge < -0.3 is 10.6 Å². The molecule has 0 radical (unpaired) electrons. The summed E-state index contributed by atoms with van der Waals surface area (Å²) in [5.74, 6) is 0.812. The number of aliphatic imine (C=N–C) groups is 1. The highest BCUT2D eigenvalue weighted by atomic mass is 127. The van der Waals surface area contributed by atoms with Crippen LogP contribution in [0.25, 0.3) is 0 Å². The lowest BCUT2D eigenvalue weighted by Crippen LogP contribution is -2.36. The number of nitrogens with one attached hydrogen (secondary N) is 2. The summed E-state index contributed by atoms with van der Waals surface area (Å²) in [5, 5.41) is 11.1. The standard InChI is InChI=1S/C21H27N5S2.HI/c1-4-22-21(24-13-19-15(2)25-16(3)28-19)23-12-18-14-27-20(26-18)11-10-17-8-6-5-7-9-17;/h5-9,14H,4,10-13H2,1-3H3,(H2,22,23,24);1H. The zero-order chi connectivity index (χ0) is 19.8. The highest BCUT2D eigenvalue weighted by Crippen LogP contribution is 2.17. The zero-order valence-corrected chi connectivity index (χ0v) is 21.0. The van der Waals surface area contributed by atoms with Gasteiger partial charge in [-0.15, -0.1) is 46.7 Å². The summed E-state index contributed by atoms with van der Waals surface area (Å²) in [5.41, 5.74) is 3.47. The van der Waals surface area contributed by atoms with Crippen LogP contribution in [0.4, 0.5) is 0 Å². The fourth-order valence-corrected chi connectivity index (χ4v) is 4.50. The Morgan fingerprint density at radius 3 is 2.55 bits per heavy atom. The molecule has 0 spiro atoms. The average Bonchev–Trinajstić information content (AvgIpc) is 3.28. The van der Waals surface area contributed by atoms with E-state index in [0.717, 1.165) is 48.3 Å². The van der Waals surface area contributed by atoms with E-state index in [9.17, 15) is 0 Å². The second kappa shape index (κ2) is 12.2. The number of halogens is 1. The maximum absolute atomic E-state index is 4.74. The zero-order valence-electron chi connectivity index (χ0n) is 17.1. The second-order valence-electron chi connectivity index (χ2n) is 6.51. The molecule has 8 heteroatoms. The summed E-state index contributed by atoms with van der Waals surface area (Å²) in [6.45, 7) is 8.31. The molecule has 3 rings (SSSR count). The van der Waals surface area contributed by atoms with Gasteiger partial charge in [-0.2, -0.15) is 0 Å². The molecule has 2 aromatic heterocycles. The van der Waals surface area contributed by atoms with Crippen molar-refractivity contribution in [2.75, 3.05) is 6.54 Å². The summed E-state index contributed by atoms with van der Waals surface area (Å²) in [6, 6.07) is 10.6. The second-order valence-corrected chi connectivity index (χ2v) is 8.74. The van der Waals surface area contributed by atoms with Crippen molar-refractivity contribution >= 4 is 52.6 Å². The quantitative estimate of drug-likeness (QED) is 0.243. The molecule has 0 saturated carbocycles. The molecule has 1 aromatic carbocycles. The van der Waals surface area contributed by atoms with E-state index in [0.29, 0.717) is 6.54 Å². The van der Waals surface area contributed by atoms with Gasteiger partial charge in [0.15, 0.2) is 5.96 Å². The van der Waals surface area contributed by atoms with Gasteiger partial charge in [-0.3, -0.25) is 0 Å². The predicted octanol–water partition coefficient (Wildman–Crippen LogP) is 4.87. The molecule has 0 amide bonds. The topological polar surface area (TPSA) is 62.2 Å². The van der Waals surface area contributed by atoms with Crippen molar-refractivity contribution in [1.82, 2.24) is 20.6 Å². The van der Waals surface area contributed by atoms with Gasteiger partial charge in [0.05, 0.1) is 34.5 Å². The first-order valence-corrected chi connectivity index (χ1v) is 11.3. The van der Waals surface area contributed by atoms with Crippen molar-refractivity contribution in [3.8, 4) is 0 Å². The summed E-state index contributed by atoms with van der Waals surface area (Å²) in [4.78, 5) is 15.2. The number of aromatic nitrogens is 2. The van der Waals surface area contributed by atoms with Crippen LogP contribution in [-0.2, 0) is 25.9 Å². The van der Waals surface area contributed by atoms with Crippen LogP contribution in [-0.4, -0.2) is 22.5 Å². The van der Waals surface area contributed by atoms with E-state index in [1.807, 2.05) is 6.92 Å². The Labute approximate surface area is 198 Å². The van der Waals surface area contributed by atoms with Crippen LogP contribution in [0.1, 0.15) is 38.8 Å². The van der Waals surface area contributed by atoms with Crippen molar-refractivity contribution in [3.05, 3.63) is 67.6 Å². The molecule has 3 aromatic rings. The van der Waals surface area contributed by atoms with Gasteiger partial charge in [0, 0.05) is 23.2 Å². The average molecular weight is 542 g/mol. The molecule has 0 aliphatic carbocycles. The Balaban J connectivity index is 0.00000300. The summed E-state index contributed by atoms with van der Waals surface area (Å²) >= 11 is 3.45. The SMILES string of the molecule is CCNC(=NCc1csc(CCc2ccccc2)n1)NCc1sc(C)nc1C.I. The van der Waals surface area contributed by atoms with E-state index < -0.39 is 0 Å². The number of thiazole rings is 2. The first kappa shape index (κ1) is 23.8. The number of nitrogens with zero attached hydrogens (tertiary/aromatic N) is 3. The number of guanidine groups is 1. The third-order valence-electron chi connectivity index (χ3n) is 4.23. The number of rotatable bonds is 8. The van der Waals surface area contributed by atoms with Gasteiger partial charge in [0.2, 0.25) is 0 Å². The fourth-order valence-electron chi connectivity index (χ4n) is 2.84. The Morgan fingerprint density at radius 1 is 1.07 bits per heavy atom. The largest absolute Gasteiger partial charge is 0.357 e. The highest BCUT2D eigenvalue weighted by molar-refractivity contribution is 14.0. The summed E-state index contributed by atoms with van der Waals surface area (Å²) in [6.07, 6.45) is 2.00. The van der Waals surface area contributed by atoms with E-state index in [2.05, 4.69) is 70.2 Å². The Hall–Kier alpha value is -1.52. The van der Waals surface area contributed by atoms with E-state index in [-0.39, 0.29) is 24.0 Å². The van der Waals surface area contributed by atoms with Crippen LogP contribution >= 0.6 is 46.7 Å². The molecule has 29 heavy (non-hydrogen) atoms. The van der Waals surface area contributed by atoms with Crippen LogP contribution in [0.5, 0.6) is 0 Å². The maximum Gasteiger partial charge on any atom is 0.191 e. The van der Waals surface area contributed by atoms with E-state index in [1.54, 1.807) is 22.7 Å². The summed E-state index contributed by atoms with van der Waals surface area (Å²) < 4.78 is 0. The molecule has 0 unspecified atom stereocenters. The van der Waals surface area contributed by atoms with Crippen LogP contribution in [0, 0.1) is 13.8 Å². The van der Waals surface area contributed by atoms with Gasteiger partial charge in [-0.05, 0) is 32.8 Å². The number of hydrogen-bond donors (Lipinski definition) is 2. The minimum absolute atomic E-state index is 0.